The highest BCUT2D eigenvalue weighted by atomic mass is 32.2. The molecule has 1 N–H and O–H groups in total. The first-order chi connectivity index (χ1) is 10.6. The van der Waals surface area contributed by atoms with Gasteiger partial charge in [-0.1, -0.05) is 18.2 Å². The van der Waals surface area contributed by atoms with Crippen LogP contribution in [0.15, 0.2) is 47.5 Å². The van der Waals surface area contributed by atoms with E-state index in [2.05, 4.69) is 15.4 Å². The molecule has 2 aromatic heterocycles. The molecule has 5 nitrogen and oxygen atoms in total. The zero-order valence-electron chi connectivity index (χ0n) is 12.4. The summed E-state index contributed by atoms with van der Waals surface area (Å²) in [6.07, 6.45) is 1.66. The summed E-state index contributed by atoms with van der Waals surface area (Å²) in [4.78, 5) is 17.5. The molecule has 0 saturated heterocycles. The van der Waals surface area contributed by atoms with Gasteiger partial charge in [0.2, 0.25) is 5.91 Å². The Morgan fingerprint density at radius 2 is 2.09 bits per heavy atom. The van der Waals surface area contributed by atoms with E-state index < -0.39 is 0 Å². The molecule has 0 aliphatic heterocycles. The molecular formula is C16H16N4OS. The molecule has 3 aromatic rings. The van der Waals surface area contributed by atoms with Crippen LogP contribution in [0, 0.1) is 6.92 Å². The van der Waals surface area contributed by atoms with E-state index in [9.17, 15) is 4.79 Å². The number of anilines is 1. The molecule has 1 aromatic carbocycles. The van der Waals surface area contributed by atoms with Crippen molar-refractivity contribution in [1.29, 1.82) is 0 Å². The van der Waals surface area contributed by atoms with Crippen LogP contribution in [0.25, 0.3) is 11.0 Å². The number of nitrogens with one attached hydrogen (secondary N) is 1. The average Bonchev–Trinajstić information content (AvgIpc) is 2.81. The highest BCUT2D eigenvalue weighted by molar-refractivity contribution is 8.00. The largest absolute Gasteiger partial charge is 0.324 e. The number of aromatic nitrogens is 3. The molecule has 1 amide bonds. The molecule has 0 fully saturated rings. The lowest BCUT2D eigenvalue weighted by Gasteiger charge is -2.05. The lowest BCUT2D eigenvalue weighted by Crippen LogP contribution is -2.14. The smallest absolute Gasteiger partial charge is 0.234 e. The highest BCUT2D eigenvalue weighted by Gasteiger charge is 2.09. The first-order valence-electron chi connectivity index (χ1n) is 6.90. The monoisotopic (exact) mass is 312 g/mol. The number of thioether (sulfide) groups is 1. The van der Waals surface area contributed by atoms with Crippen LogP contribution in [0.3, 0.4) is 0 Å². The molecule has 22 heavy (non-hydrogen) atoms. The zero-order valence-corrected chi connectivity index (χ0v) is 13.2. The van der Waals surface area contributed by atoms with Crippen LogP contribution < -0.4 is 5.32 Å². The van der Waals surface area contributed by atoms with Crippen molar-refractivity contribution in [1.82, 2.24) is 14.8 Å². The predicted molar refractivity (Wildman–Crippen MR) is 89.0 cm³/mol. The second-order valence-corrected chi connectivity index (χ2v) is 6.00. The molecule has 0 radical (unpaired) electrons. The molecule has 112 valence electrons. The standard InChI is InChI=1S/C16H16N4OS/c1-11-14-8-12(9-17-16(14)20(2)19-11)18-15(21)10-22-13-6-4-3-5-7-13/h3-9H,10H2,1-2H3,(H,18,21). The third kappa shape index (κ3) is 3.12. The van der Waals surface area contributed by atoms with Crippen LogP contribution in [0.2, 0.25) is 0 Å². The molecule has 0 atom stereocenters. The summed E-state index contributed by atoms with van der Waals surface area (Å²) in [5.74, 6) is 0.324. The lowest BCUT2D eigenvalue weighted by atomic mass is 10.2. The third-order valence-electron chi connectivity index (χ3n) is 3.26. The summed E-state index contributed by atoms with van der Waals surface area (Å²) >= 11 is 1.51. The average molecular weight is 312 g/mol. The molecule has 3 rings (SSSR count). The number of carbonyl (C=O) groups is 1. The van der Waals surface area contributed by atoms with Gasteiger partial charge in [0.1, 0.15) is 0 Å². The summed E-state index contributed by atoms with van der Waals surface area (Å²) in [6.45, 7) is 1.93. The summed E-state index contributed by atoms with van der Waals surface area (Å²) in [5, 5.41) is 8.16. The van der Waals surface area contributed by atoms with E-state index in [0.29, 0.717) is 11.4 Å². The van der Waals surface area contributed by atoms with Gasteiger partial charge in [-0.25, -0.2) is 4.98 Å². The first-order valence-corrected chi connectivity index (χ1v) is 7.89. The third-order valence-corrected chi connectivity index (χ3v) is 4.27. The number of carbonyl (C=O) groups excluding carboxylic acids is 1. The second-order valence-electron chi connectivity index (χ2n) is 4.95. The van der Waals surface area contributed by atoms with Gasteiger partial charge in [-0.05, 0) is 25.1 Å². The fourth-order valence-electron chi connectivity index (χ4n) is 2.24. The Balaban J connectivity index is 1.67. The van der Waals surface area contributed by atoms with Gasteiger partial charge in [0.05, 0.1) is 23.3 Å². The van der Waals surface area contributed by atoms with E-state index in [4.69, 9.17) is 0 Å². The van der Waals surface area contributed by atoms with Crippen molar-refractivity contribution in [2.24, 2.45) is 7.05 Å². The molecule has 0 unspecified atom stereocenters. The number of benzene rings is 1. The van der Waals surface area contributed by atoms with Crippen LogP contribution >= 0.6 is 11.8 Å². The number of hydrogen-bond acceptors (Lipinski definition) is 4. The van der Waals surface area contributed by atoms with Gasteiger partial charge in [-0.15, -0.1) is 11.8 Å². The minimum atomic E-state index is -0.0449. The van der Waals surface area contributed by atoms with Crippen molar-refractivity contribution in [2.45, 2.75) is 11.8 Å². The van der Waals surface area contributed by atoms with E-state index in [-0.39, 0.29) is 5.91 Å². The number of amides is 1. The van der Waals surface area contributed by atoms with Crippen LogP contribution in [-0.2, 0) is 11.8 Å². The first kappa shape index (κ1) is 14.6. The maximum Gasteiger partial charge on any atom is 0.234 e. The molecule has 0 saturated carbocycles. The van der Waals surface area contributed by atoms with Gasteiger partial charge in [-0.2, -0.15) is 5.10 Å². The molecule has 0 spiro atoms. The van der Waals surface area contributed by atoms with Gasteiger partial charge in [0.25, 0.3) is 0 Å². The van der Waals surface area contributed by atoms with Crippen LogP contribution in [0.5, 0.6) is 0 Å². The van der Waals surface area contributed by atoms with Crippen molar-refractivity contribution in [3.63, 3.8) is 0 Å². The molecule has 0 aliphatic carbocycles. The molecule has 0 bridgehead atoms. The maximum absolute atomic E-state index is 12.0. The fourth-order valence-corrected chi connectivity index (χ4v) is 2.96. The van der Waals surface area contributed by atoms with E-state index in [1.54, 1.807) is 10.9 Å². The summed E-state index contributed by atoms with van der Waals surface area (Å²) < 4.78 is 1.74. The molecule has 6 heteroatoms. The number of fused-ring (bicyclic) bond motifs is 1. The van der Waals surface area contributed by atoms with Crippen molar-refractivity contribution in [2.75, 3.05) is 11.1 Å². The Bertz CT molecular complexity index is 814. The number of rotatable bonds is 4. The van der Waals surface area contributed by atoms with E-state index in [0.717, 1.165) is 21.6 Å². The fraction of sp³-hybridized carbons (Fsp3) is 0.188. The Morgan fingerprint density at radius 1 is 1.32 bits per heavy atom. The molecular weight excluding hydrogens is 296 g/mol. The number of pyridine rings is 1. The number of hydrogen-bond donors (Lipinski definition) is 1. The quantitative estimate of drug-likeness (QED) is 0.752. The van der Waals surface area contributed by atoms with Gasteiger partial charge < -0.3 is 5.32 Å². The lowest BCUT2D eigenvalue weighted by molar-refractivity contribution is -0.113. The van der Waals surface area contributed by atoms with Gasteiger partial charge >= 0.3 is 0 Å². The highest BCUT2D eigenvalue weighted by Crippen LogP contribution is 2.20. The summed E-state index contributed by atoms with van der Waals surface area (Å²) in [7, 11) is 1.86. The van der Waals surface area contributed by atoms with Crippen molar-refractivity contribution in [3.05, 3.63) is 48.3 Å². The van der Waals surface area contributed by atoms with E-state index in [1.165, 1.54) is 11.8 Å². The Hall–Kier alpha value is -2.34. The SMILES string of the molecule is Cc1nn(C)c2ncc(NC(=O)CSc3ccccc3)cc12. The maximum atomic E-state index is 12.0. The topological polar surface area (TPSA) is 59.8 Å². The molecule has 0 aliphatic rings. The van der Waals surface area contributed by atoms with Gasteiger partial charge in [-0.3, -0.25) is 9.48 Å². The van der Waals surface area contributed by atoms with Crippen LogP contribution in [-0.4, -0.2) is 26.4 Å². The zero-order chi connectivity index (χ0) is 15.5. The van der Waals surface area contributed by atoms with Crippen LogP contribution in [0.4, 0.5) is 5.69 Å². The summed E-state index contributed by atoms with van der Waals surface area (Å²) in [5.41, 5.74) is 2.41. The second kappa shape index (κ2) is 6.19. The number of aryl methyl sites for hydroxylation is 2. The van der Waals surface area contributed by atoms with Crippen LogP contribution in [0.1, 0.15) is 5.69 Å². The van der Waals surface area contributed by atoms with E-state index >= 15 is 0 Å². The Kier molecular flexibility index (Phi) is 4.11. The Morgan fingerprint density at radius 3 is 2.86 bits per heavy atom. The predicted octanol–water partition coefficient (Wildman–Crippen LogP) is 3.01. The van der Waals surface area contributed by atoms with Crippen molar-refractivity contribution >= 4 is 34.4 Å². The molecule has 2 heterocycles. The number of nitrogens with zero attached hydrogens (tertiary/aromatic N) is 3. The van der Waals surface area contributed by atoms with E-state index in [1.807, 2.05) is 50.4 Å². The normalized spacial score (nSPS) is 10.8. The minimum absolute atomic E-state index is 0.0449. The van der Waals surface area contributed by atoms with Crippen molar-refractivity contribution in [3.8, 4) is 0 Å². The minimum Gasteiger partial charge on any atom is -0.324 e. The summed E-state index contributed by atoms with van der Waals surface area (Å²) in [6, 6.07) is 11.8. The van der Waals surface area contributed by atoms with Gasteiger partial charge in [0.15, 0.2) is 5.65 Å². The van der Waals surface area contributed by atoms with Gasteiger partial charge in [0, 0.05) is 17.3 Å². The van der Waals surface area contributed by atoms with Crippen molar-refractivity contribution < 1.29 is 4.79 Å². The Labute approximate surface area is 132 Å².